The van der Waals surface area contributed by atoms with E-state index in [0.29, 0.717) is 39.0 Å². The van der Waals surface area contributed by atoms with Gasteiger partial charge in [0.15, 0.2) is 11.5 Å². The molecule has 2 amide bonds. The Kier molecular flexibility index (Phi) is 6.23. The molecule has 0 N–H and O–H groups in total. The first-order chi connectivity index (χ1) is 16.9. The zero-order valence-electron chi connectivity index (χ0n) is 18.4. The van der Waals surface area contributed by atoms with Crippen LogP contribution in [0.5, 0.6) is 17.2 Å². The topological polar surface area (TPSA) is 82.1 Å². The number of fused-ring (bicyclic) bond motifs is 1. The number of hydrogen-bond donors (Lipinski definition) is 0. The maximum atomic E-state index is 12.9. The fourth-order valence-electron chi connectivity index (χ4n) is 3.61. The van der Waals surface area contributed by atoms with Crippen molar-refractivity contribution < 1.29 is 28.6 Å². The van der Waals surface area contributed by atoms with Gasteiger partial charge in [-0.25, -0.2) is 4.79 Å². The van der Waals surface area contributed by atoms with Crippen molar-refractivity contribution in [1.29, 1.82) is 0 Å². The van der Waals surface area contributed by atoms with Crippen molar-refractivity contribution in [2.45, 2.75) is 13.5 Å². The van der Waals surface area contributed by atoms with Crippen LogP contribution in [0.2, 0.25) is 5.02 Å². The highest BCUT2D eigenvalue weighted by molar-refractivity contribution is 8.18. The van der Waals surface area contributed by atoms with Crippen LogP contribution in [0, 0.1) is 6.92 Å². The third kappa shape index (κ3) is 4.89. The fourth-order valence-corrected chi connectivity index (χ4v) is 4.66. The first-order valence-corrected chi connectivity index (χ1v) is 11.8. The highest BCUT2D eigenvalue weighted by atomic mass is 35.5. The molecular formula is C26H18ClNO6S. The lowest BCUT2D eigenvalue weighted by Crippen LogP contribution is -2.27. The minimum atomic E-state index is -0.454. The van der Waals surface area contributed by atoms with Crippen molar-refractivity contribution in [2.24, 2.45) is 0 Å². The second-order valence-corrected chi connectivity index (χ2v) is 9.29. The van der Waals surface area contributed by atoms with Crippen molar-refractivity contribution in [1.82, 2.24) is 4.90 Å². The second-order valence-electron chi connectivity index (χ2n) is 7.89. The van der Waals surface area contributed by atoms with Gasteiger partial charge in [0.05, 0.1) is 17.0 Å². The van der Waals surface area contributed by atoms with Crippen molar-refractivity contribution in [3.63, 3.8) is 0 Å². The SMILES string of the molecule is Cc1cccc(C(=O)Oc2ccc(/C=C3\SC(=O)N(Cc4cc5c(cc4Cl)OCO5)C3=O)cc2)c1. The Morgan fingerprint density at radius 1 is 1.09 bits per heavy atom. The highest BCUT2D eigenvalue weighted by Crippen LogP contribution is 2.39. The Morgan fingerprint density at radius 2 is 1.83 bits per heavy atom. The molecule has 3 aromatic carbocycles. The molecule has 0 aromatic heterocycles. The smallest absolute Gasteiger partial charge is 0.343 e. The van der Waals surface area contributed by atoms with Crippen LogP contribution >= 0.6 is 23.4 Å². The summed E-state index contributed by atoms with van der Waals surface area (Å²) in [5, 5.41) is -0.00762. The normalized spacial score (nSPS) is 15.7. The van der Waals surface area contributed by atoms with Crippen molar-refractivity contribution in [3.05, 3.63) is 92.8 Å². The number of nitrogens with zero attached hydrogens (tertiary/aromatic N) is 1. The highest BCUT2D eigenvalue weighted by Gasteiger charge is 2.35. The van der Waals surface area contributed by atoms with Crippen molar-refractivity contribution in [2.75, 3.05) is 6.79 Å². The molecule has 1 fully saturated rings. The third-order valence-corrected chi connectivity index (χ3v) is 6.65. The van der Waals surface area contributed by atoms with Crippen LogP contribution in [-0.4, -0.2) is 28.8 Å². The van der Waals surface area contributed by atoms with Crippen LogP contribution in [0.25, 0.3) is 6.08 Å². The van der Waals surface area contributed by atoms with Crippen molar-refractivity contribution >= 4 is 46.6 Å². The molecule has 0 spiro atoms. The van der Waals surface area contributed by atoms with Crippen LogP contribution < -0.4 is 14.2 Å². The van der Waals surface area contributed by atoms with E-state index in [9.17, 15) is 14.4 Å². The van der Waals surface area contributed by atoms with Gasteiger partial charge in [-0.3, -0.25) is 14.5 Å². The molecule has 7 nitrogen and oxygen atoms in total. The summed E-state index contributed by atoms with van der Waals surface area (Å²) in [5.41, 5.74) is 2.70. The maximum Gasteiger partial charge on any atom is 0.343 e. The molecule has 2 aliphatic heterocycles. The van der Waals surface area contributed by atoms with Gasteiger partial charge in [0.2, 0.25) is 6.79 Å². The number of rotatable bonds is 5. The Balaban J connectivity index is 1.27. The lowest BCUT2D eigenvalue weighted by Gasteiger charge is -2.14. The average molecular weight is 508 g/mol. The van der Waals surface area contributed by atoms with E-state index in [2.05, 4.69) is 0 Å². The molecule has 0 radical (unpaired) electrons. The number of hydrogen-bond acceptors (Lipinski definition) is 7. The Hall–Kier alpha value is -3.75. The molecule has 35 heavy (non-hydrogen) atoms. The third-order valence-electron chi connectivity index (χ3n) is 5.39. The van der Waals surface area contributed by atoms with E-state index in [4.69, 9.17) is 25.8 Å². The van der Waals surface area contributed by atoms with E-state index in [1.807, 2.05) is 13.0 Å². The Morgan fingerprint density at radius 3 is 2.57 bits per heavy atom. The summed E-state index contributed by atoms with van der Waals surface area (Å²) in [7, 11) is 0. The summed E-state index contributed by atoms with van der Waals surface area (Å²) in [6.45, 7) is 2.02. The summed E-state index contributed by atoms with van der Waals surface area (Å²) >= 11 is 7.16. The molecule has 2 aliphatic rings. The molecule has 5 rings (SSSR count). The fraction of sp³-hybridized carbons (Fsp3) is 0.115. The number of ether oxygens (including phenoxy) is 3. The van der Waals surface area contributed by atoms with Gasteiger partial charge >= 0.3 is 5.97 Å². The largest absolute Gasteiger partial charge is 0.454 e. The predicted molar refractivity (Wildman–Crippen MR) is 132 cm³/mol. The van der Waals surface area contributed by atoms with Gasteiger partial charge in [-0.1, -0.05) is 41.4 Å². The lowest BCUT2D eigenvalue weighted by molar-refractivity contribution is -0.123. The number of imide groups is 1. The molecule has 0 atom stereocenters. The van der Waals surface area contributed by atoms with Gasteiger partial charge in [-0.05, 0) is 66.2 Å². The van der Waals surface area contributed by atoms with Gasteiger partial charge in [0.25, 0.3) is 11.1 Å². The first kappa shape index (κ1) is 23.0. The maximum absolute atomic E-state index is 12.9. The van der Waals surface area contributed by atoms with E-state index in [1.54, 1.807) is 60.7 Å². The minimum Gasteiger partial charge on any atom is -0.454 e. The lowest BCUT2D eigenvalue weighted by atomic mass is 10.1. The second kappa shape index (κ2) is 9.48. The number of benzene rings is 3. The van der Waals surface area contributed by atoms with E-state index in [0.717, 1.165) is 22.2 Å². The molecule has 3 aromatic rings. The van der Waals surface area contributed by atoms with Crippen LogP contribution in [0.1, 0.15) is 27.0 Å². The molecule has 2 heterocycles. The van der Waals surface area contributed by atoms with E-state index < -0.39 is 17.1 Å². The number of carbonyl (C=O) groups is 3. The van der Waals surface area contributed by atoms with Crippen LogP contribution in [0.4, 0.5) is 4.79 Å². The monoisotopic (exact) mass is 507 g/mol. The number of carbonyl (C=O) groups excluding carboxylic acids is 3. The quantitative estimate of drug-likeness (QED) is 0.244. The standard InChI is InChI=1S/C26H18ClNO6S/c1-15-3-2-4-17(9-15)25(30)34-19-7-5-16(6-8-19)10-23-24(29)28(26(31)35-23)13-18-11-21-22(12-20(18)27)33-14-32-21/h2-12H,13-14H2,1H3/b23-10-. The van der Waals surface area contributed by atoms with Gasteiger partial charge < -0.3 is 14.2 Å². The number of aryl methyl sites for hydroxylation is 1. The molecule has 0 unspecified atom stereocenters. The molecular weight excluding hydrogens is 490 g/mol. The predicted octanol–water partition coefficient (Wildman–Crippen LogP) is 5.83. The molecule has 0 saturated carbocycles. The van der Waals surface area contributed by atoms with Crippen LogP contribution in [0.15, 0.2) is 65.6 Å². The summed E-state index contributed by atoms with van der Waals surface area (Å²) in [4.78, 5) is 39.2. The molecule has 0 bridgehead atoms. The summed E-state index contributed by atoms with van der Waals surface area (Å²) in [5.74, 6) is 0.559. The number of halogens is 1. The van der Waals surface area contributed by atoms with E-state index >= 15 is 0 Å². The number of thioether (sulfide) groups is 1. The van der Waals surface area contributed by atoms with Crippen LogP contribution in [-0.2, 0) is 11.3 Å². The Labute approximate surface area is 210 Å². The molecule has 1 saturated heterocycles. The Bertz CT molecular complexity index is 1390. The number of amides is 2. The van der Waals surface area contributed by atoms with Gasteiger partial charge in [-0.2, -0.15) is 0 Å². The summed E-state index contributed by atoms with van der Waals surface area (Å²) in [6, 6.07) is 17.1. The summed E-state index contributed by atoms with van der Waals surface area (Å²) < 4.78 is 16.1. The van der Waals surface area contributed by atoms with E-state index in [1.165, 1.54) is 0 Å². The van der Waals surface area contributed by atoms with Gasteiger partial charge in [0, 0.05) is 11.1 Å². The average Bonchev–Trinajstić information content (AvgIpc) is 3.39. The van der Waals surface area contributed by atoms with Crippen molar-refractivity contribution in [3.8, 4) is 17.2 Å². The minimum absolute atomic E-state index is 0.0192. The molecule has 0 aliphatic carbocycles. The van der Waals surface area contributed by atoms with E-state index in [-0.39, 0.29) is 18.2 Å². The van der Waals surface area contributed by atoms with Gasteiger partial charge in [-0.15, -0.1) is 0 Å². The zero-order chi connectivity index (χ0) is 24.5. The zero-order valence-corrected chi connectivity index (χ0v) is 20.0. The first-order valence-electron chi connectivity index (χ1n) is 10.6. The summed E-state index contributed by atoms with van der Waals surface area (Å²) in [6.07, 6.45) is 1.62. The molecule has 176 valence electrons. The van der Waals surface area contributed by atoms with Crippen LogP contribution in [0.3, 0.4) is 0 Å². The molecule has 9 heteroatoms. The van der Waals surface area contributed by atoms with Gasteiger partial charge in [0.1, 0.15) is 5.75 Å². The number of esters is 1.